The standard InChI is InChI=1S/C12H23NO/c1-6-10-11(13-5)12(7-2,8-3)14-9-4/h1,11,13H,7-10H2,2-5H3. The van der Waals surface area contributed by atoms with Crippen molar-refractivity contribution >= 4 is 0 Å². The number of nitrogens with one attached hydrogen (secondary N) is 1. The molecular weight excluding hydrogens is 174 g/mol. The van der Waals surface area contributed by atoms with Crippen LogP contribution >= 0.6 is 0 Å². The Hall–Kier alpha value is -0.520. The monoisotopic (exact) mass is 197 g/mol. The second-order valence-corrected chi connectivity index (χ2v) is 3.45. The molecule has 1 atom stereocenters. The molecule has 2 nitrogen and oxygen atoms in total. The Balaban J connectivity index is 4.64. The Morgan fingerprint density at radius 2 is 1.93 bits per heavy atom. The van der Waals surface area contributed by atoms with Crippen molar-refractivity contribution in [1.82, 2.24) is 5.32 Å². The Kier molecular flexibility index (Phi) is 6.61. The van der Waals surface area contributed by atoms with Crippen molar-refractivity contribution in [2.45, 2.75) is 51.7 Å². The topological polar surface area (TPSA) is 21.3 Å². The number of terminal acetylenes is 1. The van der Waals surface area contributed by atoms with E-state index in [1.807, 2.05) is 14.0 Å². The molecule has 0 aliphatic carbocycles. The first-order chi connectivity index (χ1) is 6.70. The minimum absolute atomic E-state index is 0.101. The van der Waals surface area contributed by atoms with E-state index in [0.29, 0.717) is 0 Å². The van der Waals surface area contributed by atoms with Crippen LogP contribution in [0.3, 0.4) is 0 Å². The fourth-order valence-electron chi connectivity index (χ4n) is 2.00. The van der Waals surface area contributed by atoms with Gasteiger partial charge >= 0.3 is 0 Å². The Morgan fingerprint density at radius 3 is 2.21 bits per heavy atom. The second kappa shape index (κ2) is 6.86. The first-order valence-corrected chi connectivity index (χ1v) is 5.45. The summed E-state index contributed by atoms with van der Waals surface area (Å²) in [7, 11) is 1.95. The number of hydrogen-bond donors (Lipinski definition) is 1. The van der Waals surface area contributed by atoms with Crippen LogP contribution in [0.2, 0.25) is 0 Å². The predicted octanol–water partition coefficient (Wildman–Crippen LogP) is 2.19. The summed E-state index contributed by atoms with van der Waals surface area (Å²) in [5.74, 6) is 2.71. The molecule has 2 heteroatoms. The maximum atomic E-state index is 5.88. The van der Waals surface area contributed by atoms with Gasteiger partial charge in [0.2, 0.25) is 0 Å². The van der Waals surface area contributed by atoms with Gasteiger partial charge in [0, 0.05) is 19.1 Å². The van der Waals surface area contributed by atoms with Gasteiger partial charge < -0.3 is 10.1 Å². The first-order valence-electron chi connectivity index (χ1n) is 5.45. The summed E-state index contributed by atoms with van der Waals surface area (Å²) in [5, 5.41) is 3.26. The van der Waals surface area contributed by atoms with Gasteiger partial charge in [-0.2, -0.15) is 0 Å². The third-order valence-electron chi connectivity index (χ3n) is 2.93. The minimum atomic E-state index is -0.101. The van der Waals surface area contributed by atoms with E-state index >= 15 is 0 Å². The molecule has 0 radical (unpaired) electrons. The molecule has 1 unspecified atom stereocenters. The average Bonchev–Trinajstić information content (AvgIpc) is 2.23. The summed E-state index contributed by atoms with van der Waals surface area (Å²) in [6.45, 7) is 7.08. The maximum absolute atomic E-state index is 5.88. The van der Waals surface area contributed by atoms with Crippen molar-refractivity contribution in [1.29, 1.82) is 0 Å². The van der Waals surface area contributed by atoms with Crippen molar-refractivity contribution < 1.29 is 4.74 Å². The Morgan fingerprint density at radius 1 is 1.36 bits per heavy atom. The summed E-state index contributed by atoms with van der Waals surface area (Å²) in [6, 6.07) is 0.252. The molecule has 14 heavy (non-hydrogen) atoms. The van der Waals surface area contributed by atoms with Crippen molar-refractivity contribution in [2.75, 3.05) is 13.7 Å². The van der Waals surface area contributed by atoms with Crippen LogP contribution in [0.4, 0.5) is 0 Å². The van der Waals surface area contributed by atoms with Crippen LogP contribution in [-0.2, 0) is 4.74 Å². The number of hydrogen-bond acceptors (Lipinski definition) is 2. The van der Waals surface area contributed by atoms with Crippen LogP contribution in [0.1, 0.15) is 40.0 Å². The van der Waals surface area contributed by atoms with Crippen LogP contribution in [0, 0.1) is 12.3 Å². The van der Waals surface area contributed by atoms with Gasteiger partial charge in [0.25, 0.3) is 0 Å². The minimum Gasteiger partial charge on any atom is -0.374 e. The molecule has 0 aliphatic rings. The lowest BCUT2D eigenvalue weighted by atomic mass is 9.86. The van der Waals surface area contributed by atoms with E-state index in [1.165, 1.54) is 0 Å². The van der Waals surface area contributed by atoms with Gasteiger partial charge in [0.05, 0.1) is 5.60 Å². The van der Waals surface area contributed by atoms with Crippen LogP contribution in [-0.4, -0.2) is 25.3 Å². The quantitative estimate of drug-likeness (QED) is 0.632. The van der Waals surface area contributed by atoms with E-state index in [-0.39, 0.29) is 11.6 Å². The van der Waals surface area contributed by atoms with Gasteiger partial charge in [-0.25, -0.2) is 0 Å². The zero-order valence-electron chi connectivity index (χ0n) is 9.89. The van der Waals surface area contributed by atoms with Gasteiger partial charge in [0.1, 0.15) is 0 Å². The molecule has 0 heterocycles. The predicted molar refractivity (Wildman–Crippen MR) is 61.2 cm³/mol. The molecule has 0 aromatic heterocycles. The molecule has 0 aromatic rings. The van der Waals surface area contributed by atoms with E-state index in [1.54, 1.807) is 0 Å². The molecule has 0 spiro atoms. The second-order valence-electron chi connectivity index (χ2n) is 3.45. The first kappa shape index (κ1) is 13.5. The zero-order chi connectivity index (χ0) is 11.0. The molecule has 0 saturated heterocycles. The van der Waals surface area contributed by atoms with Crippen LogP contribution in [0.25, 0.3) is 0 Å². The normalized spacial score (nSPS) is 13.6. The fourth-order valence-corrected chi connectivity index (χ4v) is 2.00. The Labute approximate surface area is 88.4 Å². The van der Waals surface area contributed by atoms with Crippen molar-refractivity contribution in [3.8, 4) is 12.3 Å². The summed E-state index contributed by atoms with van der Waals surface area (Å²) < 4.78 is 5.88. The van der Waals surface area contributed by atoms with Gasteiger partial charge in [-0.1, -0.05) is 13.8 Å². The summed E-state index contributed by atoms with van der Waals surface area (Å²) in [4.78, 5) is 0. The lowest BCUT2D eigenvalue weighted by molar-refractivity contribution is -0.0693. The third kappa shape index (κ3) is 3.01. The van der Waals surface area contributed by atoms with Gasteiger partial charge in [-0.3, -0.25) is 0 Å². The molecule has 82 valence electrons. The zero-order valence-corrected chi connectivity index (χ0v) is 9.89. The number of likely N-dealkylation sites (N-methyl/N-ethyl adjacent to an activating group) is 1. The van der Waals surface area contributed by atoms with Gasteiger partial charge in [0.15, 0.2) is 0 Å². The molecule has 1 N–H and O–H groups in total. The van der Waals surface area contributed by atoms with Gasteiger partial charge in [-0.05, 0) is 26.8 Å². The van der Waals surface area contributed by atoms with E-state index in [4.69, 9.17) is 11.2 Å². The summed E-state index contributed by atoms with van der Waals surface area (Å²) in [6.07, 6.45) is 8.06. The Bertz CT molecular complexity index is 179. The van der Waals surface area contributed by atoms with Crippen LogP contribution in [0.5, 0.6) is 0 Å². The maximum Gasteiger partial charge on any atom is 0.0838 e. The number of ether oxygens (including phenoxy) is 1. The average molecular weight is 197 g/mol. The van der Waals surface area contributed by atoms with Gasteiger partial charge in [-0.15, -0.1) is 12.3 Å². The fraction of sp³-hybridized carbons (Fsp3) is 0.833. The molecule has 0 fully saturated rings. The highest BCUT2D eigenvalue weighted by Gasteiger charge is 2.34. The van der Waals surface area contributed by atoms with Crippen molar-refractivity contribution in [3.05, 3.63) is 0 Å². The molecule has 0 aromatic carbocycles. The van der Waals surface area contributed by atoms with Crippen molar-refractivity contribution in [2.24, 2.45) is 0 Å². The molecule has 0 aliphatic heterocycles. The van der Waals surface area contributed by atoms with E-state index < -0.39 is 0 Å². The summed E-state index contributed by atoms with van der Waals surface area (Å²) >= 11 is 0. The highest BCUT2D eigenvalue weighted by molar-refractivity contribution is 4.99. The molecule has 0 amide bonds. The lowest BCUT2D eigenvalue weighted by Gasteiger charge is -2.38. The molecule has 0 saturated carbocycles. The lowest BCUT2D eigenvalue weighted by Crippen LogP contribution is -2.50. The smallest absolute Gasteiger partial charge is 0.0838 e. The molecule has 0 bridgehead atoms. The van der Waals surface area contributed by atoms with Crippen molar-refractivity contribution in [3.63, 3.8) is 0 Å². The SMILES string of the molecule is C#CCC(NC)C(CC)(CC)OCC. The third-order valence-corrected chi connectivity index (χ3v) is 2.93. The van der Waals surface area contributed by atoms with E-state index in [0.717, 1.165) is 25.9 Å². The molecule has 0 rings (SSSR count). The number of rotatable bonds is 7. The molecular formula is C12H23NO. The van der Waals surface area contributed by atoms with Crippen LogP contribution in [0.15, 0.2) is 0 Å². The van der Waals surface area contributed by atoms with E-state index in [9.17, 15) is 0 Å². The van der Waals surface area contributed by atoms with E-state index in [2.05, 4.69) is 25.1 Å². The largest absolute Gasteiger partial charge is 0.374 e. The summed E-state index contributed by atoms with van der Waals surface area (Å²) in [5.41, 5.74) is -0.101. The highest BCUT2D eigenvalue weighted by Crippen LogP contribution is 2.26. The van der Waals surface area contributed by atoms with Crippen LogP contribution < -0.4 is 5.32 Å². The highest BCUT2D eigenvalue weighted by atomic mass is 16.5.